The largest absolute Gasteiger partial charge is 0.335 e. The van der Waals surface area contributed by atoms with E-state index in [9.17, 15) is 13.2 Å². The lowest BCUT2D eigenvalue weighted by atomic mass is 10.2. The second kappa shape index (κ2) is 5.86. The zero-order valence-electron chi connectivity index (χ0n) is 10.7. The van der Waals surface area contributed by atoms with E-state index in [1.165, 1.54) is 12.1 Å². The fourth-order valence-electron chi connectivity index (χ4n) is 1.25. The van der Waals surface area contributed by atoms with E-state index in [-0.39, 0.29) is 10.9 Å². The number of hydrogen-bond acceptors (Lipinski definition) is 3. The number of sulfonamides is 1. The van der Waals surface area contributed by atoms with Gasteiger partial charge in [0.25, 0.3) is 10.0 Å². The van der Waals surface area contributed by atoms with Gasteiger partial charge in [0.05, 0.1) is 4.90 Å². The van der Waals surface area contributed by atoms with Crippen LogP contribution in [0.15, 0.2) is 29.2 Å². The lowest BCUT2D eigenvalue weighted by molar-refractivity contribution is 0.242. The van der Waals surface area contributed by atoms with Crippen molar-refractivity contribution in [3.8, 4) is 0 Å². The molecule has 0 aromatic heterocycles. The molecule has 0 saturated carbocycles. The summed E-state index contributed by atoms with van der Waals surface area (Å²) in [6, 6.07) is 5.52. The van der Waals surface area contributed by atoms with Crippen molar-refractivity contribution in [1.29, 1.82) is 0 Å². The van der Waals surface area contributed by atoms with E-state index in [0.717, 1.165) is 12.0 Å². The summed E-state index contributed by atoms with van der Waals surface area (Å²) in [7, 11) is -3.79. The van der Waals surface area contributed by atoms with Gasteiger partial charge in [0, 0.05) is 6.04 Å². The lowest BCUT2D eigenvalue weighted by Crippen LogP contribution is -2.43. The molecule has 0 aliphatic heterocycles. The molecule has 0 heterocycles. The van der Waals surface area contributed by atoms with Crippen LogP contribution in [0.4, 0.5) is 4.79 Å². The predicted molar refractivity (Wildman–Crippen MR) is 69.8 cm³/mol. The maximum atomic E-state index is 11.9. The van der Waals surface area contributed by atoms with E-state index in [0.29, 0.717) is 0 Å². The number of urea groups is 1. The molecule has 0 fully saturated rings. The third-order valence-corrected chi connectivity index (χ3v) is 3.90. The molecule has 0 saturated heterocycles. The molecular formula is C12H18N2O3S. The number of carbonyl (C=O) groups is 1. The summed E-state index contributed by atoms with van der Waals surface area (Å²) in [5, 5.41) is 2.54. The molecule has 5 nitrogen and oxygen atoms in total. The summed E-state index contributed by atoms with van der Waals surface area (Å²) < 4.78 is 25.7. The zero-order valence-corrected chi connectivity index (χ0v) is 11.5. The first-order valence-electron chi connectivity index (χ1n) is 5.75. The number of aryl methyl sites for hydroxylation is 1. The highest BCUT2D eigenvalue weighted by atomic mass is 32.2. The number of hydrogen-bond donors (Lipinski definition) is 2. The molecule has 1 aromatic carbocycles. The second-order valence-corrected chi connectivity index (χ2v) is 5.88. The summed E-state index contributed by atoms with van der Waals surface area (Å²) in [6.45, 7) is 5.57. The maximum Gasteiger partial charge on any atom is 0.328 e. The summed E-state index contributed by atoms with van der Waals surface area (Å²) in [6.07, 6.45) is 0.734. The van der Waals surface area contributed by atoms with Crippen molar-refractivity contribution < 1.29 is 13.2 Å². The minimum atomic E-state index is -3.79. The Bertz CT molecular complexity index is 509. The van der Waals surface area contributed by atoms with Gasteiger partial charge < -0.3 is 5.32 Å². The number of benzene rings is 1. The van der Waals surface area contributed by atoms with Crippen molar-refractivity contribution in [2.75, 3.05) is 0 Å². The van der Waals surface area contributed by atoms with E-state index in [1.54, 1.807) is 19.1 Å². The van der Waals surface area contributed by atoms with Crippen LogP contribution in [0.3, 0.4) is 0 Å². The van der Waals surface area contributed by atoms with Crippen LogP contribution in [0.1, 0.15) is 25.8 Å². The van der Waals surface area contributed by atoms with E-state index < -0.39 is 16.1 Å². The van der Waals surface area contributed by atoms with Crippen molar-refractivity contribution in [3.05, 3.63) is 29.8 Å². The highest BCUT2D eigenvalue weighted by Crippen LogP contribution is 2.09. The predicted octanol–water partition coefficient (Wildman–Crippen LogP) is 1.78. The van der Waals surface area contributed by atoms with Crippen LogP contribution in [0.2, 0.25) is 0 Å². The molecule has 0 bridgehead atoms. The molecule has 100 valence electrons. The molecule has 0 spiro atoms. The fraction of sp³-hybridized carbons (Fsp3) is 0.417. The molecular weight excluding hydrogens is 252 g/mol. The SMILES string of the molecule is CC[C@H](C)NC(=O)NS(=O)(=O)c1ccc(C)cc1. The maximum absolute atomic E-state index is 11.9. The smallest absolute Gasteiger partial charge is 0.328 e. The van der Waals surface area contributed by atoms with E-state index in [2.05, 4.69) is 5.32 Å². The highest BCUT2D eigenvalue weighted by Gasteiger charge is 2.17. The quantitative estimate of drug-likeness (QED) is 0.875. The standard InChI is InChI=1S/C12H18N2O3S/c1-4-10(3)13-12(15)14-18(16,17)11-7-5-9(2)6-8-11/h5-8,10H,4H2,1-3H3,(H2,13,14,15)/t10-/m0/s1. The van der Waals surface area contributed by atoms with Gasteiger partial charge in [-0.05, 0) is 32.4 Å². The molecule has 1 rings (SSSR count). The van der Waals surface area contributed by atoms with Gasteiger partial charge in [-0.3, -0.25) is 0 Å². The first-order valence-corrected chi connectivity index (χ1v) is 7.23. The molecule has 0 unspecified atom stereocenters. The average molecular weight is 270 g/mol. The van der Waals surface area contributed by atoms with Crippen molar-refractivity contribution in [1.82, 2.24) is 10.0 Å². The Labute approximate surface area is 108 Å². The molecule has 2 N–H and O–H groups in total. The van der Waals surface area contributed by atoms with Crippen LogP contribution in [0.5, 0.6) is 0 Å². The monoisotopic (exact) mass is 270 g/mol. The van der Waals surface area contributed by atoms with Gasteiger partial charge >= 0.3 is 6.03 Å². The number of amides is 2. The van der Waals surface area contributed by atoms with Gasteiger partial charge in [0.15, 0.2) is 0 Å². The van der Waals surface area contributed by atoms with Gasteiger partial charge in [-0.1, -0.05) is 24.6 Å². The Morgan fingerprint density at radius 3 is 2.33 bits per heavy atom. The highest BCUT2D eigenvalue weighted by molar-refractivity contribution is 7.90. The van der Waals surface area contributed by atoms with Crippen LogP contribution >= 0.6 is 0 Å². The van der Waals surface area contributed by atoms with E-state index in [4.69, 9.17) is 0 Å². The first kappa shape index (κ1) is 14.5. The van der Waals surface area contributed by atoms with Crippen molar-refractivity contribution in [2.24, 2.45) is 0 Å². The van der Waals surface area contributed by atoms with Gasteiger partial charge in [-0.2, -0.15) is 0 Å². The van der Waals surface area contributed by atoms with Crippen molar-refractivity contribution >= 4 is 16.1 Å². The summed E-state index contributed by atoms with van der Waals surface area (Å²) in [5.41, 5.74) is 0.956. The van der Waals surface area contributed by atoms with Crippen molar-refractivity contribution in [2.45, 2.75) is 38.1 Å². The Balaban J connectivity index is 2.76. The number of rotatable bonds is 4. The molecule has 2 amide bonds. The van der Waals surface area contributed by atoms with Gasteiger partial charge in [0.2, 0.25) is 0 Å². The van der Waals surface area contributed by atoms with Gasteiger partial charge in [-0.25, -0.2) is 17.9 Å². The summed E-state index contributed by atoms with van der Waals surface area (Å²) >= 11 is 0. The number of nitrogens with one attached hydrogen (secondary N) is 2. The normalized spacial score (nSPS) is 12.8. The van der Waals surface area contributed by atoms with Crippen LogP contribution < -0.4 is 10.0 Å². The molecule has 1 aromatic rings. The molecule has 6 heteroatoms. The van der Waals surface area contributed by atoms with Gasteiger partial charge in [0.1, 0.15) is 0 Å². The molecule has 0 aliphatic rings. The second-order valence-electron chi connectivity index (χ2n) is 4.20. The minimum absolute atomic E-state index is 0.0711. The molecule has 18 heavy (non-hydrogen) atoms. The average Bonchev–Trinajstić information content (AvgIpc) is 2.28. The van der Waals surface area contributed by atoms with E-state index in [1.807, 2.05) is 18.6 Å². The molecule has 0 aliphatic carbocycles. The fourth-order valence-corrected chi connectivity index (χ4v) is 2.17. The summed E-state index contributed by atoms with van der Waals surface area (Å²) in [4.78, 5) is 11.5. The third-order valence-electron chi connectivity index (χ3n) is 2.55. The molecule has 1 atom stereocenters. The Hall–Kier alpha value is -1.56. The summed E-state index contributed by atoms with van der Waals surface area (Å²) in [5.74, 6) is 0. The van der Waals surface area contributed by atoms with Gasteiger partial charge in [-0.15, -0.1) is 0 Å². The Morgan fingerprint density at radius 2 is 1.83 bits per heavy atom. The topological polar surface area (TPSA) is 75.3 Å². The van der Waals surface area contributed by atoms with Crippen LogP contribution in [0.25, 0.3) is 0 Å². The van der Waals surface area contributed by atoms with E-state index >= 15 is 0 Å². The Morgan fingerprint density at radius 1 is 1.28 bits per heavy atom. The lowest BCUT2D eigenvalue weighted by Gasteiger charge is -2.12. The minimum Gasteiger partial charge on any atom is -0.335 e. The Kier molecular flexibility index (Phi) is 4.72. The molecule has 0 radical (unpaired) electrons. The van der Waals surface area contributed by atoms with Crippen LogP contribution in [-0.4, -0.2) is 20.5 Å². The number of carbonyl (C=O) groups excluding carboxylic acids is 1. The third kappa shape index (κ3) is 4.03. The van der Waals surface area contributed by atoms with Crippen LogP contribution in [0, 0.1) is 6.92 Å². The zero-order chi connectivity index (χ0) is 13.8. The van der Waals surface area contributed by atoms with Crippen molar-refractivity contribution in [3.63, 3.8) is 0 Å². The van der Waals surface area contributed by atoms with Crippen LogP contribution in [-0.2, 0) is 10.0 Å². The first-order chi connectivity index (χ1) is 8.35.